The molecule has 216 valence electrons. The summed E-state index contributed by atoms with van der Waals surface area (Å²) in [5, 5.41) is 3.53. The molecule has 3 aromatic heterocycles. The lowest BCUT2D eigenvalue weighted by atomic mass is 9.91. The second-order valence-corrected chi connectivity index (χ2v) is 12.2. The van der Waals surface area contributed by atoms with E-state index in [0.717, 1.165) is 50.1 Å². The van der Waals surface area contributed by atoms with E-state index in [9.17, 15) is 0 Å². The monoisotopic (exact) mass is 588 g/mol. The molecule has 46 heavy (non-hydrogen) atoms. The Balaban J connectivity index is 1.05. The lowest BCUT2D eigenvalue weighted by Gasteiger charge is -2.28. The van der Waals surface area contributed by atoms with Gasteiger partial charge >= 0.3 is 0 Å². The van der Waals surface area contributed by atoms with Gasteiger partial charge in [0.25, 0.3) is 0 Å². The van der Waals surface area contributed by atoms with Gasteiger partial charge in [-0.1, -0.05) is 97.1 Å². The summed E-state index contributed by atoms with van der Waals surface area (Å²) in [5.41, 5.74) is 12.2. The van der Waals surface area contributed by atoms with Gasteiger partial charge in [0.1, 0.15) is 5.65 Å². The van der Waals surface area contributed by atoms with E-state index in [4.69, 9.17) is 9.97 Å². The number of hydrogen-bond acceptors (Lipinski definition) is 3. The van der Waals surface area contributed by atoms with E-state index < -0.39 is 0 Å². The molecule has 2 unspecified atom stereocenters. The predicted octanol–water partition coefficient (Wildman–Crippen LogP) is 10.3. The zero-order valence-electron chi connectivity index (χ0n) is 25.0. The highest BCUT2D eigenvalue weighted by Gasteiger charge is 2.36. The van der Waals surface area contributed by atoms with Crippen LogP contribution in [-0.4, -0.2) is 20.4 Å². The molecule has 0 N–H and O–H groups in total. The molecule has 1 aliphatic heterocycles. The number of imidazole rings is 1. The first-order chi connectivity index (χ1) is 22.8. The smallest absolute Gasteiger partial charge is 0.146 e. The van der Waals surface area contributed by atoms with Gasteiger partial charge in [0.2, 0.25) is 0 Å². The molecule has 0 bridgehead atoms. The second kappa shape index (κ2) is 9.75. The van der Waals surface area contributed by atoms with Crippen molar-refractivity contribution in [1.29, 1.82) is 0 Å². The molecular weight excluding hydrogens is 560 g/mol. The van der Waals surface area contributed by atoms with Crippen molar-refractivity contribution in [2.45, 2.75) is 12.0 Å². The lowest BCUT2D eigenvalue weighted by Crippen LogP contribution is -2.28. The Hall–Kier alpha value is -6.00. The van der Waals surface area contributed by atoms with Gasteiger partial charge in [-0.25, -0.2) is 9.97 Å². The normalized spacial score (nSPS) is 16.9. The van der Waals surface area contributed by atoms with Crippen LogP contribution in [0.3, 0.4) is 0 Å². The number of hydrogen-bond donors (Lipinski definition) is 0. The molecule has 5 aromatic carbocycles. The van der Waals surface area contributed by atoms with Crippen molar-refractivity contribution in [1.82, 2.24) is 14.4 Å². The van der Waals surface area contributed by atoms with Gasteiger partial charge in [-0.2, -0.15) is 0 Å². The lowest BCUT2D eigenvalue weighted by molar-refractivity contribution is 0.745. The fraction of sp³-hybridized carbons (Fsp3) is 0.0476. The number of allylic oxidation sites excluding steroid dienone is 2. The van der Waals surface area contributed by atoms with Crippen molar-refractivity contribution < 1.29 is 0 Å². The van der Waals surface area contributed by atoms with Crippen molar-refractivity contribution in [3.63, 3.8) is 0 Å². The first-order valence-corrected chi connectivity index (χ1v) is 15.8. The maximum Gasteiger partial charge on any atom is 0.146 e. The Morgan fingerprint density at radius 2 is 1.26 bits per heavy atom. The summed E-state index contributed by atoms with van der Waals surface area (Å²) in [5.74, 6) is 0.377. The zero-order chi connectivity index (χ0) is 30.2. The van der Waals surface area contributed by atoms with Crippen LogP contribution in [0.15, 0.2) is 158 Å². The van der Waals surface area contributed by atoms with Crippen molar-refractivity contribution in [2.24, 2.45) is 0 Å². The average Bonchev–Trinajstić information content (AvgIpc) is 3.69. The van der Waals surface area contributed by atoms with E-state index in [1.165, 1.54) is 27.7 Å². The highest BCUT2D eigenvalue weighted by Crippen LogP contribution is 2.47. The largest absolute Gasteiger partial charge is 0.333 e. The molecule has 1 aliphatic carbocycles. The molecule has 0 saturated heterocycles. The number of pyridine rings is 2. The molecule has 0 spiro atoms. The van der Waals surface area contributed by atoms with Crippen LogP contribution in [0.2, 0.25) is 0 Å². The number of nitrogens with zero attached hydrogens (tertiary/aromatic N) is 4. The van der Waals surface area contributed by atoms with Gasteiger partial charge in [0.05, 0.1) is 34.0 Å². The fourth-order valence-corrected chi connectivity index (χ4v) is 7.61. The third-order valence-electron chi connectivity index (χ3n) is 9.70. The number of benzene rings is 5. The Morgan fingerprint density at radius 3 is 2.17 bits per heavy atom. The summed E-state index contributed by atoms with van der Waals surface area (Å²) >= 11 is 0. The van der Waals surface area contributed by atoms with Crippen LogP contribution in [0.1, 0.15) is 11.5 Å². The molecular formula is C42H28N4. The molecule has 0 amide bonds. The second-order valence-electron chi connectivity index (χ2n) is 12.2. The Bertz CT molecular complexity index is 2550. The summed E-state index contributed by atoms with van der Waals surface area (Å²) < 4.78 is 2.29. The number of para-hydroxylation sites is 4. The van der Waals surface area contributed by atoms with Crippen LogP contribution in [0.5, 0.6) is 0 Å². The van der Waals surface area contributed by atoms with Crippen molar-refractivity contribution >= 4 is 49.7 Å². The maximum atomic E-state index is 5.17. The molecule has 2 atom stereocenters. The highest BCUT2D eigenvalue weighted by atomic mass is 15.2. The Kier molecular flexibility index (Phi) is 5.37. The first kappa shape index (κ1) is 25.3. The van der Waals surface area contributed by atoms with Crippen LogP contribution in [0, 0.1) is 0 Å². The topological polar surface area (TPSA) is 33.4 Å². The molecule has 8 aromatic rings. The van der Waals surface area contributed by atoms with Gasteiger partial charge in [-0.15, -0.1) is 0 Å². The van der Waals surface area contributed by atoms with Crippen LogP contribution < -0.4 is 4.90 Å². The highest BCUT2D eigenvalue weighted by molar-refractivity contribution is 6.14. The molecule has 0 fully saturated rings. The van der Waals surface area contributed by atoms with Gasteiger partial charge in [0.15, 0.2) is 0 Å². The number of anilines is 2. The van der Waals surface area contributed by atoms with Crippen LogP contribution >= 0.6 is 0 Å². The fourth-order valence-electron chi connectivity index (χ4n) is 7.61. The van der Waals surface area contributed by atoms with Crippen molar-refractivity contribution in [2.75, 3.05) is 4.90 Å². The molecule has 4 heterocycles. The van der Waals surface area contributed by atoms with Gasteiger partial charge in [-0.05, 0) is 71.6 Å². The van der Waals surface area contributed by atoms with Crippen molar-refractivity contribution in [3.05, 3.63) is 163 Å². The average molecular weight is 589 g/mol. The Labute approximate surface area is 266 Å². The third-order valence-corrected chi connectivity index (χ3v) is 9.70. The minimum Gasteiger partial charge on any atom is -0.333 e. The molecule has 0 radical (unpaired) electrons. The molecule has 10 rings (SSSR count). The number of aromatic nitrogens is 3. The van der Waals surface area contributed by atoms with E-state index in [0.29, 0.717) is 12.0 Å². The number of rotatable bonds is 3. The van der Waals surface area contributed by atoms with Gasteiger partial charge in [-0.3, -0.25) is 4.40 Å². The SMILES string of the molecule is C1=CC2c3ccccc3N(c3ccc(-c4cccc(-c5ccc6c(c5)c5ccccc5n5c7ccccc7nc65)n4)cc3)C2C=C1. The van der Waals surface area contributed by atoms with E-state index in [-0.39, 0.29) is 0 Å². The van der Waals surface area contributed by atoms with Crippen LogP contribution in [0.25, 0.3) is 60.9 Å². The predicted molar refractivity (Wildman–Crippen MR) is 190 cm³/mol. The first-order valence-electron chi connectivity index (χ1n) is 15.8. The standard InChI is InChI=1S/C42H28N4/c1-5-16-38-30(10-1)31-11-2-6-17-39(31)45(38)29-23-20-27(21-24-29)35-14-9-15-36(43-35)28-22-25-33-34(26-28)32-12-3-7-18-40(32)46-41-19-8-4-13-37(41)44-42(33)46/h1-26,30,38H. The van der Waals surface area contributed by atoms with Gasteiger partial charge < -0.3 is 4.90 Å². The zero-order valence-corrected chi connectivity index (χ0v) is 25.0. The summed E-state index contributed by atoms with van der Waals surface area (Å²) in [4.78, 5) is 12.7. The van der Waals surface area contributed by atoms with E-state index in [1.807, 2.05) is 0 Å². The molecule has 0 saturated carbocycles. The molecule has 2 aliphatic rings. The van der Waals surface area contributed by atoms with Crippen molar-refractivity contribution in [3.8, 4) is 22.5 Å². The van der Waals surface area contributed by atoms with Crippen LogP contribution in [0.4, 0.5) is 11.4 Å². The quantitative estimate of drug-likeness (QED) is 0.193. The van der Waals surface area contributed by atoms with E-state index >= 15 is 0 Å². The summed E-state index contributed by atoms with van der Waals surface area (Å²) in [7, 11) is 0. The number of fused-ring (bicyclic) bond motifs is 11. The Morgan fingerprint density at radius 1 is 0.522 bits per heavy atom. The van der Waals surface area contributed by atoms with E-state index in [2.05, 4.69) is 167 Å². The maximum absolute atomic E-state index is 5.17. The summed E-state index contributed by atoms with van der Waals surface area (Å²) in [6.45, 7) is 0. The minimum atomic E-state index is 0.292. The minimum absolute atomic E-state index is 0.292. The van der Waals surface area contributed by atoms with Gasteiger partial charge in [0, 0.05) is 39.2 Å². The molecule has 4 heteroatoms. The van der Waals surface area contributed by atoms with Crippen LogP contribution in [-0.2, 0) is 0 Å². The third kappa shape index (κ3) is 3.67. The molecule has 4 nitrogen and oxygen atoms in total. The van der Waals surface area contributed by atoms with E-state index in [1.54, 1.807) is 0 Å². The summed E-state index contributed by atoms with van der Waals surface area (Å²) in [6.07, 6.45) is 8.97. The summed E-state index contributed by atoms with van der Waals surface area (Å²) in [6, 6.07) is 47.9.